The molecule has 0 bridgehead atoms. The van der Waals surface area contributed by atoms with Gasteiger partial charge in [-0.25, -0.2) is 0 Å². The summed E-state index contributed by atoms with van der Waals surface area (Å²) in [5, 5.41) is 10.2. The van der Waals surface area contributed by atoms with Crippen molar-refractivity contribution in [3.63, 3.8) is 0 Å². The zero-order valence-corrected chi connectivity index (χ0v) is 18.4. The van der Waals surface area contributed by atoms with Crippen LogP contribution in [0.5, 0.6) is 11.5 Å². The van der Waals surface area contributed by atoms with Crippen LogP contribution in [-0.2, 0) is 4.74 Å². The first-order valence-corrected chi connectivity index (χ1v) is 10.7. The van der Waals surface area contributed by atoms with Gasteiger partial charge in [0.15, 0.2) is 0 Å². The summed E-state index contributed by atoms with van der Waals surface area (Å²) in [4.78, 5) is 4.64. The van der Waals surface area contributed by atoms with E-state index in [0.717, 1.165) is 42.2 Å². The third kappa shape index (κ3) is 7.19. The Morgan fingerprint density at radius 3 is 2.24 bits per heavy atom. The summed E-state index contributed by atoms with van der Waals surface area (Å²) in [7, 11) is 1.68. The van der Waals surface area contributed by atoms with Crippen molar-refractivity contribution in [2.75, 3.05) is 64.6 Å². The highest BCUT2D eigenvalue weighted by molar-refractivity contribution is 9.10. The second kappa shape index (κ2) is 11.4. The lowest BCUT2D eigenvalue weighted by Crippen LogP contribution is -2.49. The second-order valence-corrected chi connectivity index (χ2v) is 7.93. The number of β-amino-alcohol motifs (C(OH)–C–C–N with tert-alkyl or cyclic N) is 1. The van der Waals surface area contributed by atoms with Gasteiger partial charge < -0.3 is 24.2 Å². The molecule has 0 spiro atoms. The Morgan fingerprint density at radius 1 is 0.931 bits per heavy atom. The van der Waals surface area contributed by atoms with Crippen LogP contribution in [-0.4, -0.2) is 75.8 Å². The van der Waals surface area contributed by atoms with E-state index in [2.05, 4.69) is 37.9 Å². The molecule has 1 aliphatic heterocycles. The summed E-state index contributed by atoms with van der Waals surface area (Å²) in [5.41, 5.74) is 1.21. The minimum atomic E-state index is -0.491. The van der Waals surface area contributed by atoms with Crippen molar-refractivity contribution in [1.82, 2.24) is 4.90 Å². The largest absolute Gasteiger partial charge is 0.497 e. The van der Waals surface area contributed by atoms with Gasteiger partial charge in [-0.05, 0) is 48.5 Å². The van der Waals surface area contributed by atoms with Crippen LogP contribution in [0.15, 0.2) is 53.0 Å². The molecule has 0 radical (unpaired) electrons. The standard InChI is InChI=1S/C22H29BrN2O4/c1-27-21-8-4-19(5-9-21)25-12-10-24(11-13-25)16-20(26)17-28-14-15-29-22-6-2-18(23)3-7-22/h2-9,20,26H,10-17H2,1H3/t20-/m0/s1. The Balaban J connectivity index is 1.28. The fraction of sp³-hybridized carbons (Fsp3) is 0.455. The molecule has 1 aliphatic rings. The Kier molecular flexibility index (Phi) is 8.61. The number of halogens is 1. The number of aliphatic hydroxyl groups is 1. The van der Waals surface area contributed by atoms with E-state index in [0.29, 0.717) is 26.4 Å². The van der Waals surface area contributed by atoms with E-state index >= 15 is 0 Å². The molecular weight excluding hydrogens is 436 g/mol. The van der Waals surface area contributed by atoms with Crippen LogP contribution in [0.3, 0.4) is 0 Å². The highest BCUT2D eigenvalue weighted by Crippen LogP contribution is 2.20. The summed E-state index contributed by atoms with van der Waals surface area (Å²) >= 11 is 3.40. The topological polar surface area (TPSA) is 54.4 Å². The van der Waals surface area contributed by atoms with E-state index < -0.39 is 6.10 Å². The van der Waals surface area contributed by atoms with E-state index in [9.17, 15) is 5.11 Å². The number of ether oxygens (including phenoxy) is 3. The van der Waals surface area contributed by atoms with Crippen molar-refractivity contribution in [3.05, 3.63) is 53.0 Å². The van der Waals surface area contributed by atoms with Crippen LogP contribution >= 0.6 is 15.9 Å². The average molecular weight is 465 g/mol. The molecule has 2 aromatic rings. The molecule has 6 nitrogen and oxygen atoms in total. The fourth-order valence-corrected chi connectivity index (χ4v) is 3.57. The Labute approximate surface area is 181 Å². The van der Waals surface area contributed by atoms with Crippen molar-refractivity contribution in [1.29, 1.82) is 0 Å². The summed E-state index contributed by atoms with van der Waals surface area (Å²) in [6, 6.07) is 15.9. The number of anilines is 1. The summed E-state index contributed by atoms with van der Waals surface area (Å²) in [5.74, 6) is 1.69. The van der Waals surface area contributed by atoms with Gasteiger partial charge in [0.05, 0.1) is 26.4 Å². The molecule has 0 amide bonds. The van der Waals surface area contributed by atoms with E-state index in [1.54, 1.807) is 7.11 Å². The van der Waals surface area contributed by atoms with Crippen LogP contribution in [0.2, 0.25) is 0 Å². The molecule has 1 heterocycles. The van der Waals surface area contributed by atoms with Gasteiger partial charge in [-0.15, -0.1) is 0 Å². The Morgan fingerprint density at radius 2 is 1.59 bits per heavy atom. The molecular formula is C22H29BrN2O4. The zero-order chi connectivity index (χ0) is 20.5. The Bertz CT molecular complexity index is 719. The van der Waals surface area contributed by atoms with Crippen molar-refractivity contribution >= 4 is 21.6 Å². The van der Waals surface area contributed by atoms with Gasteiger partial charge in [0.1, 0.15) is 18.1 Å². The van der Waals surface area contributed by atoms with Gasteiger partial charge >= 0.3 is 0 Å². The van der Waals surface area contributed by atoms with Crippen LogP contribution in [0, 0.1) is 0 Å². The number of hydrogen-bond acceptors (Lipinski definition) is 6. The predicted molar refractivity (Wildman–Crippen MR) is 118 cm³/mol. The molecule has 158 valence electrons. The first-order valence-electron chi connectivity index (χ1n) is 9.89. The van der Waals surface area contributed by atoms with Gasteiger partial charge in [-0.3, -0.25) is 4.90 Å². The lowest BCUT2D eigenvalue weighted by Gasteiger charge is -2.36. The number of piperazine rings is 1. The highest BCUT2D eigenvalue weighted by Gasteiger charge is 2.19. The predicted octanol–water partition coefficient (Wildman–Crippen LogP) is 3.04. The smallest absolute Gasteiger partial charge is 0.119 e. The van der Waals surface area contributed by atoms with Crippen LogP contribution in [0.4, 0.5) is 5.69 Å². The maximum absolute atomic E-state index is 10.2. The molecule has 0 aliphatic carbocycles. The minimum absolute atomic E-state index is 0.322. The monoisotopic (exact) mass is 464 g/mol. The lowest BCUT2D eigenvalue weighted by atomic mass is 10.2. The van der Waals surface area contributed by atoms with Crippen molar-refractivity contribution in [2.24, 2.45) is 0 Å². The van der Waals surface area contributed by atoms with Gasteiger partial charge in [0, 0.05) is 42.9 Å². The summed E-state index contributed by atoms with van der Waals surface area (Å²) in [6.07, 6.45) is -0.491. The number of nitrogens with zero attached hydrogens (tertiary/aromatic N) is 2. The number of benzene rings is 2. The molecule has 1 atom stereocenters. The van der Waals surface area contributed by atoms with E-state index in [-0.39, 0.29) is 0 Å². The summed E-state index contributed by atoms with van der Waals surface area (Å²) < 4.78 is 17.4. The SMILES string of the molecule is COc1ccc(N2CCN(C[C@H](O)COCCOc3ccc(Br)cc3)CC2)cc1. The fourth-order valence-electron chi connectivity index (χ4n) is 3.30. The first kappa shape index (κ1) is 21.9. The van der Waals surface area contributed by atoms with Gasteiger partial charge in [0.2, 0.25) is 0 Å². The van der Waals surface area contributed by atoms with Crippen molar-refractivity contribution in [2.45, 2.75) is 6.10 Å². The van der Waals surface area contributed by atoms with E-state index in [1.165, 1.54) is 5.69 Å². The highest BCUT2D eigenvalue weighted by atomic mass is 79.9. The molecule has 3 rings (SSSR count). The van der Waals surface area contributed by atoms with Crippen molar-refractivity contribution in [3.8, 4) is 11.5 Å². The molecule has 0 aromatic heterocycles. The van der Waals surface area contributed by atoms with Crippen molar-refractivity contribution < 1.29 is 19.3 Å². The zero-order valence-electron chi connectivity index (χ0n) is 16.8. The molecule has 0 unspecified atom stereocenters. The maximum atomic E-state index is 10.2. The maximum Gasteiger partial charge on any atom is 0.119 e. The summed E-state index contributed by atoms with van der Waals surface area (Å²) in [6.45, 7) is 5.62. The second-order valence-electron chi connectivity index (χ2n) is 7.02. The number of aliphatic hydroxyl groups excluding tert-OH is 1. The lowest BCUT2D eigenvalue weighted by molar-refractivity contribution is 0.00718. The third-order valence-electron chi connectivity index (χ3n) is 4.90. The van der Waals surface area contributed by atoms with Gasteiger partial charge in [0.25, 0.3) is 0 Å². The third-order valence-corrected chi connectivity index (χ3v) is 5.43. The van der Waals surface area contributed by atoms with Crippen LogP contribution < -0.4 is 14.4 Å². The normalized spacial score (nSPS) is 15.9. The van der Waals surface area contributed by atoms with Gasteiger partial charge in [-0.2, -0.15) is 0 Å². The molecule has 29 heavy (non-hydrogen) atoms. The average Bonchev–Trinajstić information content (AvgIpc) is 2.75. The van der Waals surface area contributed by atoms with E-state index in [4.69, 9.17) is 14.2 Å². The quantitative estimate of drug-likeness (QED) is 0.545. The molecule has 7 heteroatoms. The first-order chi connectivity index (χ1) is 14.1. The molecule has 1 saturated heterocycles. The number of hydrogen-bond donors (Lipinski definition) is 1. The van der Waals surface area contributed by atoms with Crippen LogP contribution in [0.25, 0.3) is 0 Å². The van der Waals surface area contributed by atoms with Gasteiger partial charge in [-0.1, -0.05) is 15.9 Å². The number of methoxy groups -OCH3 is 1. The molecule has 1 fully saturated rings. The number of rotatable bonds is 10. The molecule has 1 N–H and O–H groups in total. The molecule has 2 aromatic carbocycles. The Hall–Kier alpha value is -1.80. The van der Waals surface area contributed by atoms with Crippen LogP contribution in [0.1, 0.15) is 0 Å². The van der Waals surface area contributed by atoms with E-state index in [1.807, 2.05) is 36.4 Å². The minimum Gasteiger partial charge on any atom is -0.497 e. The molecule has 0 saturated carbocycles.